The highest BCUT2D eigenvalue weighted by atomic mass is 32.1. The van der Waals surface area contributed by atoms with Crippen LogP contribution in [0.5, 0.6) is 0 Å². The summed E-state index contributed by atoms with van der Waals surface area (Å²) in [5, 5.41) is 6.19. The second kappa shape index (κ2) is 4.11. The van der Waals surface area contributed by atoms with E-state index in [2.05, 4.69) is 15.5 Å². The Morgan fingerprint density at radius 3 is 2.33 bits per heavy atom. The van der Waals surface area contributed by atoms with Gasteiger partial charge in [0.2, 0.25) is 11.0 Å². The summed E-state index contributed by atoms with van der Waals surface area (Å²) < 4.78 is 61.8. The Balaban J connectivity index is 2.12. The van der Waals surface area contributed by atoms with Gasteiger partial charge in [-0.3, -0.25) is 4.79 Å². The van der Waals surface area contributed by atoms with Gasteiger partial charge in [0, 0.05) is 5.92 Å². The van der Waals surface area contributed by atoms with Crippen molar-refractivity contribution in [3.63, 3.8) is 0 Å². The number of halogens is 5. The molecule has 0 aromatic carbocycles. The van der Waals surface area contributed by atoms with E-state index in [0.717, 1.165) is 0 Å². The van der Waals surface area contributed by atoms with Crippen LogP contribution in [0.15, 0.2) is 0 Å². The summed E-state index contributed by atoms with van der Waals surface area (Å²) in [6.07, 6.45) is -4.38. The lowest BCUT2D eigenvalue weighted by atomic mass is 10.3. The largest absolute Gasteiger partial charge is 0.460 e. The molecule has 0 radical (unpaired) electrons. The van der Waals surface area contributed by atoms with E-state index in [1.165, 1.54) is 0 Å². The fourth-order valence-electron chi connectivity index (χ4n) is 1.07. The number of nitrogens with zero attached hydrogens (tertiary/aromatic N) is 2. The van der Waals surface area contributed by atoms with E-state index < -0.39 is 23.0 Å². The van der Waals surface area contributed by atoms with Crippen molar-refractivity contribution in [1.29, 1.82) is 0 Å². The predicted molar refractivity (Wildman–Crippen MR) is 51.2 cm³/mol. The number of anilines is 1. The molecule has 1 heterocycles. The van der Waals surface area contributed by atoms with Crippen LogP contribution in [0.3, 0.4) is 0 Å². The van der Waals surface area contributed by atoms with E-state index in [-0.39, 0.29) is 22.4 Å². The molecule has 0 atom stereocenters. The van der Waals surface area contributed by atoms with Crippen molar-refractivity contribution >= 4 is 22.4 Å². The number of carbonyl (C=O) groups is 1. The number of hydrogen-bond acceptors (Lipinski definition) is 4. The normalized spacial score (nSPS) is 16.7. The van der Waals surface area contributed by atoms with Crippen LogP contribution in [0.1, 0.15) is 17.8 Å². The first kappa shape index (κ1) is 13.1. The molecule has 1 aliphatic rings. The van der Waals surface area contributed by atoms with Crippen molar-refractivity contribution in [2.24, 2.45) is 5.92 Å². The summed E-state index contributed by atoms with van der Waals surface area (Å²) in [6, 6.07) is 0. The van der Waals surface area contributed by atoms with Gasteiger partial charge in [-0.25, -0.2) is 0 Å². The zero-order valence-corrected chi connectivity index (χ0v) is 9.41. The van der Waals surface area contributed by atoms with Crippen LogP contribution >= 0.6 is 11.3 Å². The highest BCUT2D eigenvalue weighted by molar-refractivity contribution is 7.15. The second-order valence-corrected chi connectivity index (χ2v) is 4.73. The summed E-state index contributed by atoms with van der Waals surface area (Å²) in [6.45, 7) is 0. The zero-order valence-electron chi connectivity index (χ0n) is 8.59. The number of nitrogens with one attached hydrogen (secondary N) is 1. The van der Waals surface area contributed by atoms with Crippen molar-refractivity contribution in [3.8, 4) is 0 Å². The lowest BCUT2D eigenvalue weighted by Crippen LogP contribution is -2.33. The number of carbonyl (C=O) groups excluding carboxylic acids is 1. The molecule has 1 aromatic heterocycles. The Hall–Kier alpha value is -1.32. The fraction of sp³-hybridized carbons (Fsp3) is 0.625. The topological polar surface area (TPSA) is 54.9 Å². The van der Waals surface area contributed by atoms with E-state index in [9.17, 15) is 26.7 Å². The van der Waals surface area contributed by atoms with E-state index in [4.69, 9.17) is 0 Å². The first-order valence-corrected chi connectivity index (χ1v) is 5.63. The van der Waals surface area contributed by atoms with Crippen molar-refractivity contribution in [2.75, 3.05) is 5.32 Å². The van der Waals surface area contributed by atoms with Gasteiger partial charge in [0.05, 0.1) is 0 Å². The molecule has 10 heteroatoms. The van der Waals surface area contributed by atoms with Gasteiger partial charge in [-0.1, -0.05) is 11.3 Å². The number of rotatable bonds is 3. The minimum absolute atomic E-state index is 0.0160. The van der Waals surface area contributed by atoms with Crippen LogP contribution in [-0.2, 0) is 10.7 Å². The Morgan fingerprint density at radius 2 is 1.83 bits per heavy atom. The van der Waals surface area contributed by atoms with E-state index >= 15 is 0 Å². The molecule has 1 saturated carbocycles. The minimum Gasteiger partial charge on any atom is -0.300 e. The summed E-state index contributed by atoms with van der Waals surface area (Å²) in [5.41, 5.74) is 0. The van der Waals surface area contributed by atoms with E-state index in [1.54, 1.807) is 0 Å². The summed E-state index contributed by atoms with van der Waals surface area (Å²) >= 11 is 0.0160. The lowest BCUT2D eigenvalue weighted by molar-refractivity contribution is -0.289. The van der Waals surface area contributed by atoms with Crippen LogP contribution in [0.2, 0.25) is 0 Å². The van der Waals surface area contributed by atoms with Gasteiger partial charge in [0.15, 0.2) is 5.01 Å². The van der Waals surface area contributed by atoms with Crippen LogP contribution in [-0.4, -0.2) is 22.3 Å². The molecule has 1 fully saturated rings. The molecular weight excluding hydrogens is 281 g/mol. The van der Waals surface area contributed by atoms with Crippen LogP contribution in [0, 0.1) is 5.92 Å². The van der Waals surface area contributed by atoms with Crippen molar-refractivity contribution in [2.45, 2.75) is 24.9 Å². The minimum atomic E-state index is -5.73. The van der Waals surface area contributed by atoms with E-state index in [1.807, 2.05) is 0 Å². The molecule has 0 spiro atoms. The molecular formula is C8H6F5N3OS. The van der Waals surface area contributed by atoms with Gasteiger partial charge in [0.1, 0.15) is 0 Å². The van der Waals surface area contributed by atoms with Crippen LogP contribution < -0.4 is 5.32 Å². The predicted octanol–water partition coefficient (Wildman–Crippen LogP) is 2.54. The van der Waals surface area contributed by atoms with Gasteiger partial charge in [-0.15, -0.1) is 10.2 Å². The van der Waals surface area contributed by atoms with Crippen molar-refractivity contribution in [1.82, 2.24) is 10.2 Å². The van der Waals surface area contributed by atoms with Crippen molar-refractivity contribution in [3.05, 3.63) is 5.01 Å². The maximum absolute atomic E-state index is 12.9. The number of aromatic nitrogens is 2. The first-order chi connectivity index (χ1) is 8.22. The van der Waals surface area contributed by atoms with Crippen molar-refractivity contribution < 1.29 is 26.7 Å². The van der Waals surface area contributed by atoms with Crippen LogP contribution in [0.4, 0.5) is 27.1 Å². The highest BCUT2D eigenvalue weighted by Gasteiger charge is 2.61. The molecule has 1 N–H and O–H groups in total. The Bertz CT molecular complexity index is 468. The van der Waals surface area contributed by atoms with Gasteiger partial charge < -0.3 is 5.32 Å². The van der Waals surface area contributed by atoms with Crippen LogP contribution in [0.25, 0.3) is 0 Å². The lowest BCUT2D eigenvalue weighted by Gasteiger charge is -2.15. The average molecular weight is 287 g/mol. The number of hydrogen-bond donors (Lipinski definition) is 1. The smallest absolute Gasteiger partial charge is 0.300 e. The molecule has 1 aliphatic carbocycles. The molecule has 100 valence electrons. The molecule has 0 bridgehead atoms. The Kier molecular flexibility index (Phi) is 2.99. The Labute approximate surface area is 101 Å². The number of alkyl halides is 5. The van der Waals surface area contributed by atoms with Gasteiger partial charge in [0.25, 0.3) is 0 Å². The molecule has 2 rings (SSSR count). The van der Waals surface area contributed by atoms with Gasteiger partial charge >= 0.3 is 12.1 Å². The molecule has 4 nitrogen and oxygen atoms in total. The number of amides is 1. The molecule has 1 aromatic rings. The molecule has 0 unspecified atom stereocenters. The maximum Gasteiger partial charge on any atom is 0.460 e. The van der Waals surface area contributed by atoms with Gasteiger partial charge in [-0.05, 0) is 12.8 Å². The molecule has 0 aliphatic heterocycles. The zero-order chi connectivity index (χ0) is 13.6. The second-order valence-electron chi connectivity index (χ2n) is 3.75. The third kappa shape index (κ3) is 2.42. The van der Waals surface area contributed by atoms with Gasteiger partial charge in [-0.2, -0.15) is 22.0 Å². The monoisotopic (exact) mass is 287 g/mol. The third-order valence-electron chi connectivity index (χ3n) is 2.23. The Morgan fingerprint density at radius 1 is 1.22 bits per heavy atom. The molecule has 18 heavy (non-hydrogen) atoms. The standard InChI is InChI=1S/C8H6F5N3OS/c9-7(10,8(11,12)13)5-15-16-6(18-5)14-4(17)3-1-2-3/h3H,1-2H2,(H,14,16,17). The quantitative estimate of drug-likeness (QED) is 0.869. The first-order valence-electron chi connectivity index (χ1n) is 4.81. The average Bonchev–Trinajstić information content (AvgIpc) is 2.98. The SMILES string of the molecule is O=C(Nc1nnc(C(F)(F)C(F)(F)F)s1)C1CC1. The molecule has 0 saturated heterocycles. The highest BCUT2D eigenvalue weighted by Crippen LogP contribution is 2.45. The summed E-state index contributed by atoms with van der Waals surface area (Å²) in [7, 11) is 0. The third-order valence-corrected chi connectivity index (χ3v) is 3.14. The van der Waals surface area contributed by atoms with E-state index in [0.29, 0.717) is 12.8 Å². The maximum atomic E-state index is 12.9. The summed E-state index contributed by atoms with van der Waals surface area (Å²) in [5.74, 6) is -5.71. The summed E-state index contributed by atoms with van der Waals surface area (Å²) in [4.78, 5) is 11.2. The molecule has 1 amide bonds. The fourth-order valence-corrected chi connectivity index (χ4v) is 1.82.